The fraction of sp³-hybridized carbons (Fsp3) is 0.364. The van der Waals surface area contributed by atoms with E-state index in [1.807, 2.05) is 0 Å². The molecule has 1 rings (SSSR count). The molecule has 0 aliphatic rings. The van der Waals surface area contributed by atoms with Gasteiger partial charge in [0, 0.05) is 17.5 Å². The average Bonchev–Trinajstić information content (AvgIpc) is 2.28. The molecule has 17 heavy (non-hydrogen) atoms. The van der Waals surface area contributed by atoms with E-state index in [2.05, 4.69) is 0 Å². The quantitative estimate of drug-likeness (QED) is 0.607. The molecule has 1 atom stereocenters. The van der Waals surface area contributed by atoms with E-state index >= 15 is 0 Å². The number of hydrogen-bond acceptors (Lipinski definition) is 4. The van der Waals surface area contributed by atoms with Crippen LogP contribution in [-0.2, 0) is 10.2 Å². The molecule has 0 aliphatic heterocycles. The number of benzene rings is 1. The van der Waals surface area contributed by atoms with Gasteiger partial charge < -0.3 is 10.8 Å². The summed E-state index contributed by atoms with van der Waals surface area (Å²) in [6.45, 7) is 3.29. The highest BCUT2D eigenvalue weighted by Crippen LogP contribution is 2.28. The number of hydrogen-bond donors (Lipinski definition) is 2. The average molecular weight is 238 g/mol. The summed E-state index contributed by atoms with van der Waals surface area (Å²) in [5.74, 6) is -1.14. The van der Waals surface area contributed by atoms with Crippen LogP contribution in [0.4, 0.5) is 5.69 Å². The number of carboxylic acid groups (broad SMARTS) is 1. The zero-order valence-corrected chi connectivity index (χ0v) is 9.58. The number of carboxylic acids is 1. The second kappa shape index (κ2) is 4.50. The Morgan fingerprint density at radius 2 is 2.12 bits per heavy atom. The summed E-state index contributed by atoms with van der Waals surface area (Å²) in [6, 6.07) is 4.73. The lowest BCUT2D eigenvalue weighted by Gasteiger charge is -2.28. The van der Waals surface area contributed by atoms with Crippen LogP contribution in [0.5, 0.6) is 0 Å². The highest BCUT2D eigenvalue weighted by molar-refractivity contribution is 5.75. The predicted molar refractivity (Wildman–Crippen MR) is 61.7 cm³/mol. The Kier molecular flexibility index (Phi) is 3.47. The second-order valence-electron chi connectivity index (χ2n) is 4.35. The zero-order chi connectivity index (χ0) is 13.2. The molecule has 0 amide bonds. The van der Waals surface area contributed by atoms with Crippen molar-refractivity contribution < 1.29 is 14.8 Å². The van der Waals surface area contributed by atoms with Crippen molar-refractivity contribution in [2.45, 2.75) is 25.3 Å². The topological polar surface area (TPSA) is 106 Å². The lowest BCUT2D eigenvalue weighted by atomic mass is 9.78. The lowest BCUT2D eigenvalue weighted by Crippen LogP contribution is -2.46. The van der Waals surface area contributed by atoms with Crippen molar-refractivity contribution >= 4 is 11.7 Å². The van der Waals surface area contributed by atoms with Gasteiger partial charge in [0.15, 0.2) is 0 Å². The smallest absolute Gasteiger partial charge is 0.321 e. The maximum atomic E-state index is 10.9. The maximum absolute atomic E-state index is 10.9. The molecule has 0 saturated carbocycles. The van der Waals surface area contributed by atoms with E-state index in [1.165, 1.54) is 18.2 Å². The van der Waals surface area contributed by atoms with Crippen LogP contribution in [0.15, 0.2) is 24.3 Å². The Bertz CT molecular complexity index is 457. The van der Waals surface area contributed by atoms with Gasteiger partial charge >= 0.3 is 5.97 Å². The molecule has 0 aliphatic carbocycles. The second-order valence-corrected chi connectivity index (χ2v) is 4.35. The Labute approximate surface area is 98.2 Å². The van der Waals surface area contributed by atoms with E-state index in [9.17, 15) is 14.9 Å². The minimum atomic E-state index is -1.14. The van der Waals surface area contributed by atoms with Crippen molar-refractivity contribution in [2.24, 2.45) is 5.73 Å². The van der Waals surface area contributed by atoms with Crippen LogP contribution in [0.2, 0.25) is 0 Å². The number of nitrogens with zero attached hydrogens (tertiary/aromatic N) is 1. The largest absolute Gasteiger partial charge is 0.480 e. The Balaban J connectivity index is 3.19. The van der Waals surface area contributed by atoms with E-state index < -0.39 is 22.3 Å². The van der Waals surface area contributed by atoms with Crippen LogP contribution in [-0.4, -0.2) is 22.0 Å². The molecule has 1 aromatic carbocycles. The number of rotatable bonds is 4. The maximum Gasteiger partial charge on any atom is 0.321 e. The molecule has 0 aromatic heterocycles. The zero-order valence-electron chi connectivity index (χ0n) is 9.58. The van der Waals surface area contributed by atoms with E-state index in [0.29, 0.717) is 5.56 Å². The molecule has 0 saturated heterocycles. The van der Waals surface area contributed by atoms with Crippen molar-refractivity contribution in [3.05, 3.63) is 39.9 Å². The summed E-state index contributed by atoms with van der Waals surface area (Å²) in [6.07, 6.45) is 0. The van der Waals surface area contributed by atoms with Gasteiger partial charge in [-0.25, -0.2) is 0 Å². The van der Waals surface area contributed by atoms with Crippen molar-refractivity contribution in [1.82, 2.24) is 0 Å². The molecule has 6 nitrogen and oxygen atoms in total. The summed E-state index contributed by atoms with van der Waals surface area (Å²) in [5, 5.41) is 19.5. The summed E-state index contributed by atoms with van der Waals surface area (Å²) in [7, 11) is 0. The van der Waals surface area contributed by atoms with Crippen LogP contribution >= 0.6 is 0 Å². The molecular formula is C11H14N2O4. The van der Waals surface area contributed by atoms with Crippen LogP contribution in [0.1, 0.15) is 19.4 Å². The number of aliphatic carboxylic acids is 1. The van der Waals surface area contributed by atoms with E-state index in [0.717, 1.165) is 0 Å². The number of nitro benzene ring substituents is 1. The first-order valence-corrected chi connectivity index (χ1v) is 5.00. The SMILES string of the molecule is CC(C)(c1cccc([N+](=O)[O-])c1)C(N)C(=O)O. The van der Waals surface area contributed by atoms with Crippen molar-refractivity contribution in [3.8, 4) is 0 Å². The summed E-state index contributed by atoms with van der Waals surface area (Å²) in [5.41, 5.74) is 5.16. The monoisotopic (exact) mass is 238 g/mol. The number of nitro groups is 1. The molecule has 0 bridgehead atoms. The highest BCUT2D eigenvalue weighted by atomic mass is 16.6. The standard InChI is InChI=1S/C11H14N2O4/c1-11(2,9(12)10(14)15)7-4-3-5-8(6-7)13(16)17/h3-6,9H,12H2,1-2H3,(H,14,15). The Morgan fingerprint density at radius 1 is 1.53 bits per heavy atom. The van der Waals surface area contributed by atoms with Crippen LogP contribution < -0.4 is 5.73 Å². The van der Waals surface area contributed by atoms with Gasteiger partial charge in [0.05, 0.1) is 4.92 Å². The Hall–Kier alpha value is -1.95. The Morgan fingerprint density at radius 3 is 2.59 bits per heavy atom. The van der Waals surface area contributed by atoms with Crippen molar-refractivity contribution in [1.29, 1.82) is 0 Å². The first-order valence-electron chi connectivity index (χ1n) is 5.00. The van der Waals surface area contributed by atoms with Crippen LogP contribution in [0.3, 0.4) is 0 Å². The summed E-state index contributed by atoms with van der Waals surface area (Å²) < 4.78 is 0. The first kappa shape index (κ1) is 13.1. The third-order valence-corrected chi connectivity index (χ3v) is 2.84. The highest BCUT2D eigenvalue weighted by Gasteiger charge is 2.34. The van der Waals surface area contributed by atoms with Gasteiger partial charge in [-0.1, -0.05) is 26.0 Å². The third-order valence-electron chi connectivity index (χ3n) is 2.84. The molecular weight excluding hydrogens is 224 g/mol. The molecule has 1 aromatic rings. The van der Waals surface area contributed by atoms with Gasteiger partial charge in [-0.3, -0.25) is 14.9 Å². The molecule has 0 heterocycles. The van der Waals surface area contributed by atoms with Crippen LogP contribution in [0, 0.1) is 10.1 Å². The summed E-state index contributed by atoms with van der Waals surface area (Å²) in [4.78, 5) is 21.0. The normalized spacial score (nSPS) is 13.1. The molecule has 0 fully saturated rings. The fourth-order valence-electron chi connectivity index (χ4n) is 1.51. The van der Waals surface area contributed by atoms with Crippen molar-refractivity contribution in [3.63, 3.8) is 0 Å². The van der Waals surface area contributed by atoms with E-state index in [1.54, 1.807) is 19.9 Å². The number of non-ortho nitro benzene ring substituents is 1. The molecule has 92 valence electrons. The minimum Gasteiger partial charge on any atom is -0.480 e. The molecule has 0 radical (unpaired) electrons. The molecule has 0 spiro atoms. The molecule has 1 unspecified atom stereocenters. The number of nitrogens with two attached hydrogens (primary N) is 1. The number of carbonyl (C=O) groups is 1. The van der Waals surface area contributed by atoms with E-state index in [4.69, 9.17) is 10.8 Å². The third kappa shape index (κ3) is 2.59. The van der Waals surface area contributed by atoms with E-state index in [-0.39, 0.29) is 5.69 Å². The van der Waals surface area contributed by atoms with Crippen molar-refractivity contribution in [2.75, 3.05) is 0 Å². The summed E-state index contributed by atoms with van der Waals surface area (Å²) >= 11 is 0. The van der Waals surface area contributed by atoms with Gasteiger partial charge in [-0.05, 0) is 5.56 Å². The van der Waals surface area contributed by atoms with Gasteiger partial charge in [-0.2, -0.15) is 0 Å². The predicted octanol–water partition coefficient (Wildman–Crippen LogP) is 1.28. The van der Waals surface area contributed by atoms with Gasteiger partial charge in [0.25, 0.3) is 5.69 Å². The first-order chi connectivity index (χ1) is 7.76. The minimum absolute atomic E-state index is 0.0758. The lowest BCUT2D eigenvalue weighted by molar-refractivity contribution is -0.385. The fourth-order valence-corrected chi connectivity index (χ4v) is 1.51. The molecule has 6 heteroatoms. The van der Waals surface area contributed by atoms with Gasteiger partial charge in [-0.15, -0.1) is 0 Å². The van der Waals surface area contributed by atoms with Gasteiger partial charge in [0.1, 0.15) is 6.04 Å². The van der Waals surface area contributed by atoms with Gasteiger partial charge in [0.2, 0.25) is 0 Å². The van der Waals surface area contributed by atoms with Crippen LogP contribution in [0.25, 0.3) is 0 Å². The molecule has 3 N–H and O–H groups in total.